The van der Waals surface area contributed by atoms with Crippen LogP contribution in [0.2, 0.25) is 0 Å². The lowest BCUT2D eigenvalue weighted by Crippen LogP contribution is -2.36. The van der Waals surface area contributed by atoms with Crippen LogP contribution in [0.4, 0.5) is 10.5 Å². The third kappa shape index (κ3) is 4.88. The van der Waals surface area contributed by atoms with Gasteiger partial charge in [-0.25, -0.2) is 0 Å². The summed E-state index contributed by atoms with van der Waals surface area (Å²) in [5.74, 6) is 0.270. The molecule has 9 heteroatoms. The molecule has 0 aromatic heterocycles. The molecule has 1 aliphatic rings. The van der Waals surface area contributed by atoms with E-state index in [1.807, 2.05) is 26.0 Å². The lowest BCUT2D eigenvalue weighted by atomic mass is 10.1. The zero-order valence-corrected chi connectivity index (χ0v) is 19.3. The minimum Gasteiger partial charge on any atom is -0.493 e. The van der Waals surface area contributed by atoms with E-state index in [9.17, 15) is 14.4 Å². The lowest BCUT2D eigenvalue weighted by molar-refractivity contribution is -0.127. The van der Waals surface area contributed by atoms with E-state index in [0.717, 1.165) is 27.8 Å². The van der Waals surface area contributed by atoms with Crippen LogP contribution in [0.3, 0.4) is 0 Å². The van der Waals surface area contributed by atoms with Crippen molar-refractivity contribution in [1.29, 1.82) is 0 Å². The molecule has 168 valence electrons. The molecule has 2 aromatic rings. The zero-order valence-electron chi connectivity index (χ0n) is 18.5. The molecule has 1 heterocycles. The minimum absolute atomic E-state index is 0.197. The number of benzene rings is 2. The number of nitrogens with zero attached hydrogens (tertiary/aromatic N) is 1. The fraction of sp³-hybridized carbons (Fsp3) is 0.261. The molecule has 0 saturated carbocycles. The third-order valence-corrected chi connectivity index (χ3v) is 5.86. The Morgan fingerprint density at radius 2 is 1.66 bits per heavy atom. The van der Waals surface area contributed by atoms with Crippen molar-refractivity contribution in [1.82, 2.24) is 4.90 Å². The van der Waals surface area contributed by atoms with Gasteiger partial charge in [0.15, 0.2) is 11.5 Å². The van der Waals surface area contributed by atoms with Gasteiger partial charge in [0.25, 0.3) is 11.1 Å². The van der Waals surface area contributed by atoms with Gasteiger partial charge in [0, 0.05) is 5.69 Å². The molecule has 0 unspecified atom stereocenters. The second-order valence-corrected chi connectivity index (χ2v) is 8.07. The van der Waals surface area contributed by atoms with Crippen LogP contribution in [-0.4, -0.2) is 49.8 Å². The highest BCUT2D eigenvalue weighted by Gasteiger charge is 2.36. The Kier molecular flexibility index (Phi) is 7.09. The average Bonchev–Trinajstić information content (AvgIpc) is 3.02. The van der Waals surface area contributed by atoms with Crippen LogP contribution in [-0.2, 0) is 9.59 Å². The lowest BCUT2D eigenvalue weighted by Gasteiger charge is -2.13. The van der Waals surface area contributed by atoms with Crippen molar-refractivity contribution in [2.75, 3.05) is 33.2 Å². The molecule has 1 saturated heterocycles. The van der Waals surface area contributed by atoms with E-state index in [0.29, 0.717) is 28.5 Å². The van der Waals surface area contributed by atoms with Crippen molar-refractivity contribution >= 4 is 40.6 Å². The fourth-order valence-electron chi connectivity index (χ4n) is 3.14. The Hall–Kier alpha value is -3.46. The Labute approximate surface area is 190 Å². The van der Waals surface area contributed by atoms with Crippen LogP contribution in [0.5, 0.6) is 17.2 Å². The number of carbonyl (C=O) groups excluding carboxylic acids is 3. The van der Waals surface area contributed by atoms with E-state index in [-0.39, 0.29) is 11.4 Å². The van der Waals surface area contributed by atoms with Crippen LogP contribution in [0.15, 0.2) is 35.2 Å². The molecule has 0 spiro atoms. The van der Waals surface area contributed by atoms with Gasteiger partial charge >= 0.3 is 0 Å². The van der Waals surface area contributed by atoms with Crippen LogP contribution in [0, 0.1) is 13.8 Å². The number of ether oxygens (including phenoxy) is 3. The normalized spacial score (nSPS) is 14.7. The number of rotatable bonds is 7. The first-order valence-corrected chi connectivity index (χ1v) is 10.5. The first kappa shape index (κ1) is 23.2. The number of anilines is 1. The summed E-state index contributed by atoms with van der Waals surface area (Å²) in [6.07, 6.45) is 1.55. The van der Waals surface area contributed by atoms with Crippen molar-refractivity contribution in [2.24, 2.45) is 0 Å². The third-order valence-electron chi connectivity index (χ3n) is 4.95. The maximum absolute atomic E-state index is 12.8. The summed E-state index contributed by atoms with van der Waals surface area (Å²) in [7, 11) is 4.47. The molecular weight excluding hydrogens is 432 g/mol. The van der Waals surface area contributed by atoms with Gasteiger partial charge in [-0.05, 0) is 72.6 Å². The molecule has 8 nitrogen and oxygen atoms in total. The summed E-state index contributed by atoms with van der Waals surface area (Å²) in [4.78, 5) is 38.7. The van der Waals surface area contributed by atoms with E-state index in [1.54, 1.807) is 24.3 Å². The molecule has 1 aliphatic heterocycles. The van der Waals surface area contributed by atoms with Gasteiger partial charge in [0.2, 0.25) is 11.7 Å². The number of aryl methyl sites for hydroxylation is 2. The number of thioether (sulfide) groups is 1. The quantitative estimate of drug-likeness (QED) is 0.629. The van der Waals surface area contributed by atoms with Gasteiger partial charge in [0.1, 0.15) is 6.54 Å². The smallest absolute Gasteiger partial charge is 0.294 e. The van der Waals surface area contributed by atoms with Crippen molar-refractivity contribution < 1.29 is 28.6 Å². The number of imide groups is 1. The van der Waals surface area contributed by atoms with E-state index in [2.05, 4.69) is 5.32 Å². The summed E-state index contributed by atoms with van der Waals surface area (Å²) in [5, 5.41) is 2.21. The highest BCUT2D eigenvalue weighted by molar-refractivity contribution is 8.18. The SMILES string of the molecule is COc1cc(/C=C2/SC(=O)N(CC(=O)Nc3ccc(C)c(C)c3)C2=O)cc(OC)c1OC. The highest BCUT2D eigenvalue weighted by Crippen LogP contribution is 2.40. The predicted octanol–water partition coefficient (Wildman–Crippen LogP) is 4.00. The van der Waals surface area contributed by atoms with Crippen LogP contribution in [0.1, 0.15) is 16.7 Å². The molecule has 0 bridgehead atoms. The molecule has 2 aromatic carbocycles. The molecule has 0 aliphatic carbocycles. The molecule has 3 rings (SSSR count). The van der Waals surface area contributed by atoms with E-state index in [1.165, 1.54) is 21.3 Å². The molecule has 1 fully saturated rings. The zero-order chi connectivity index (χ0) is 23.4. The fourth-order valence-corrected chi connectivity index (χ4v) is 3.97. The van der Waals surface area contributed by atoms with E-state index in [4.69, 9.17) is 14.2 Å². The molecule has 0 radical (unpaired) electrons. The van der Waals surface area contributed by atoms with Crippen LogP contribution >= 0.6 is 11.8 Å². The monoisotopic (exact) mass is 456 g/mol. The summed E-state index contributed by atoms with van der Waals surface area (Å²) < 4.78 is 15.9. The summed E-state index contributed by atoms with van der Waals surface area (Å²) in [6.45, 7) is 3.54. The first-order valence-electron chi connectivity index (χ1n) is 9.69. The Morgan fingerprint density at radius 3 is 2.22 bits per heavy atom. The number of amides is 3. The number of hydrogen-bond acceptors (Lipinski definition) is 7. The molecule has 1 N–H and O–H groups in total. The average molecular weight is 457 g/mol. The molecular formula is C23H24N2O6S. The predicted molar refractivity (Wildman–Crippen MR) is 123 cm³/mol. The second kappa shape index (κ2) is 9.78. The number of nitrogens with one attached hydrogen (secondary N) is 1. The number of carbonyl (C=O) groups is 3. The standard InChI is InChI=1S/C23H24N2O6S/c1-13-6-7-16(8-14(13)2)24-20(26)12-25-22(27)19(32-23(25)28)11-15-9-17(29-3)21(31-5)18(10-15)30-4/h6-11H,12H2,1-5H3,(H,24,26)/b19-11+. The Bertz CT molecular complexity index is 1090. The Balaban J connectivity index is 1.77. The maximum Gasteiger partial charge on any atom is 0.294 e. The van der Waals surface area contributed by atoms with Crippen LogP contribution in [0.25, 0.3) is 6.08 Å². The van der Waals surface area contributed by atoms with Gasteiger partial charge in [-0.3, -0.25) is 19.3 Å². The van der Waals surface area contributed by atoms with Crippen molar-refractivity contribution in [3.63, 3.8) is 0 Å². The molecule has 32 heavy (non-hydrogen) atoms. The number of methoxy groups -OCH3 is 3. The van der Waals surface area contributed by atoms with Gasteiger partial charge in [-0.2, -0.15) is 0 Å². The van der Waals surface area contributed by atoms with Gasteiger partial charge in [-0.15, -0.1) is 0 Å². The first-order chi connectivity index (χ1) is 15.3. The van der Waals surface area contributed by atoms with Crippen LogP contribution < -0.4 is 19.5 Å². The van der Waals surface area contributed by atoms with Gasteiger partial charge in [0.05, 0.1) is 26.2 Å². The van der Waals surface area contributed by atoms with Crippen molar-refractivity contribution in [2.45, 2.75) is 13.8 Å². The number of hydrogen-bond donors (Lipinski definition) is 1. The Morgan fingerprint density at radius 1 is 1.00 bits per heavy atom. The second-order valence-electron chi connectivity index (χ2n) is 7.07. The van der Waals surface area contributed by atoms with E-state index >= 15 is 0 Å². The largest absolute Gasteiger partial charge is 0.493 e. The summed E-state index contributed by atoms with van der Waals surface area (Å²) in [5.41, 5.74) is 3.33. The van der Waals surface area contributed by atoms with Crippen molar-refractivity contribution in [3.05, 3.63) is 51.9 Å². The summed E-state index contributed by atoms with van der Waals surface area (Å²) in [6, 6.07) is 8.85. The minimum atomic E-state index is -0.538. The summed E-state index contributed by atoms with van der Waals surface area (Å²) >= 11 is 0.772. The van der Waals surface area contributed by atoms with E-state index < -0.39 is 17.1 Å². The van der Waals surface area contributed by atoms with Crippen molar-refractivity contribution in [3.8, 4) is 17.2 Å². The van der Waals surface area contributed by atoms with Gasteiger partial charge in [-0.1, -0.05) is 6.07 Å². The highest BCUT2D eigenvalue weighted by atomic mass is 32.2. The molecule has 3 amide bonds. The van der Waals surface area contributed by atoms with Gasteiger partial charge < -0.3 is 19.5 Å². The maximum atomic E-state index is 12.8. The molecule has 0 atom stereocenters. The topological polar surface area (TPSA) is 94.2 Å².